The van der Waals surface area contributed by atoms with Crippen LogP contribution in [0.1, 0.15) is 70.8 Å². The second-order valence-corrected chi connectivity index (χ2v) is 8.88. The molecule has 0 spiro atoms. The van der Waals surface area contributed by atoms with Crippen molar-refractivity contribution >= 4 is 11.6 Å². The highest BCUT2D eigenvalue weighted by atomic mass is 16.5. The molecule has 0 aliphatic heterocycles. The van der Waals surface area contributed by atoms with Crippen LogP contribution in [-0.2, 0) is 16.0 Å². The summed E-state index contributed by atoms with van der Waals surface area (Å²) < 4.78 is 5.64. The highest BCUT2D eigenvalue weighted by Gasteiger charge is 2.32. The lowest BCUT2D eigenvalue weighted by atomic mass is 9.76. The molecule has 0 heterocycles. The topological polar surface area (TPSA) is 43.4 Å². The zero-order valence-corrected chi connectivity index (χ0v) is 19.1. The van der Waals surface area contributed by atoms with Crippen LogP contribution < -0.4 is 4.74 Å². The number of carbonyl (C=O) groups is 2. The van der Waals surface area contributed by atoms with E-state index in [2.05, 4.69) is 38.1 Å². The van der Waals surface area contributed by atoms with Gasteiger partial charge in [0.25, 0.3) is 0 Å². The number of ketones is 2. The average molecular weight is 421 g/mol. The van der Waals surface area contributed by atoms with E-state index in [4.69, 9.17) is 4.74 Å². The van der Waals surface area contributed by atoms with Crippen molar-refractivity contribution in [2.24, 2.45) is 11.8 Å². The molecular weight excluding hydrogens is 384 g/mol. The molecule has 0 bridgehead atoms. The smallest absolute Gasteiger partial charge is 0.147 e. The van der Waals surface area contributed by atoms with E-state index in [1.165, 1.54) is 19.3 Å². The molecule has 0 N–H and O–H groups in total. The van der Waals surface area contributed by atoms with Crippen molar-refractivity contribution in [2.75, 3.05) is 6.61 Å². The van der Waals surface area contributed by atoms with E-state index >= 15 is 0 Å². The van der Waals surface area contributed by atoms with Gasteiger partial charge in [-0.15, -0.1) is 0 Å². The molecule has 0 amide bonds. The standard InChI is InChI=1S/C28H36O3/c1-3-5-6-7-21-10-17-26(27(29)19-21)28(30)20-22-8-11-23(12-9-22)24-13-15-25(16-14-24)31-18-4-2/h8-9,11-16,21,26H,3-7,10,17-20H2,1-2H3. The predicted octanol–water partition coefficient (Wildman–Crippen LogP) is 6.82. The van der Waals surface area contributed by atoms with Gasteiger partial charge in [0.2, 0.25) is 0 Å². The van der Waals surface area contributed by atoms with Crippen molar-refractivity contribution in [3.63, 3.8) is 0 Å². The number of Topliss-reactive ketones (excluding diaryl/α,β-unsaturated/α-hetero) is 2. The monoisotopic (exact) mass is 420 g/mol. The molecule has 2 unspecified atom stereocenters. The van der Waals surface area contributed by atoms with Gasteiger partial charge in [-0.2, -0.15) is 0 Å². The van der Waals surface area contributed by atoms with Crippen molar-refractivity contribution in [1.82, 2.24) is 0 Å². The van der Waals surface area contributed by atoms with Gasteiger partial charge < -0.3 is 4.74 Å². The first kappa shape index (κ1) is 23.2. The summed E-state index contributed by atoms with van der Waals surface area (Å²) in [7, 11) is 0. The highest BCUT2D eigenvalue weighted by Crippen LogP contribution is 2.31. The third-order valence-electron chi connectivity index (χ3n) is 6.34. The van der Waals surface area contributed by atoms with E-state index in [1.807, 2.05) is 24.3 Å². The molecule has 3 nitrogen and oxygen atoms in total. The maximum Gasteiger partial charge on any atom is 0.147 e. The third-order valence-corrected chi connectivity index (χ3v) is 6.34. The van der Waals surface area contributed by atoms with E-state index in [1.54, 1.807) is 0 Å². The fourth-order valence-corrected chi connectivity index (χ4v) is 4.47. The van der Waals surface area contributed by atoms with E-state index in [0.29, 0.717) is 18.8 Å². The minimum atomic E-state index is -0.391. The summed E-state index contributed by atoms with van der Waals surface area (Å²) in [5, 5.41) is 0. The van der Waals surface area contributed by atoms with Crippen LogP contribution in [-0.4, -0.2) is 18.2 Å². The zero-order chi connectivity index (χ0) is 22.1. The Morgan fingerprint density at radius 1 is 0.903 bits per heavy atom. The quantitative estimate of drug-likeness (QED) is 0.296. The summed E-state index contributed by atoms with van der Waals surface area (Å²) >= 11 is 0. The van der Waals surface area contributed by atoms with Gasteiger partial charge in [0.15, 0.2) is 0 Å². The van der Waals surface area contributed by atoms with Gasteiger partial charge in [0.05, 0.1) is 12.5 Å². The molecule has 31 heavy (non-hydrogen) atoms. The lowest BCUT2D eigenvalue weighted by Gasteiger charge is -2.26. The largest absolute Gasteiger partial charge is 0.494 e. The zero-order valence-electron chi connectivity index (χ0n) is 19.1. The highest BCUT2D eigenvalue weighted by molar-refractivity contribution is 6.03. The minimum absolute atomic E-state index is 0.0854. The molecule has 3 heteroatoms. The van der Waals surface area contributed by atoms with Crippen LogP contribution in [0.3, 0.4) is 0 Å². The Kier molecular flexibility index (Phi) is 8.87. The van der Waals surface area contributed by atoms with Gasteiger partial charge in [-0.1, -0.05) is 75.9 Å². The van der Waals surface area contributed by atoms with Crippen molar-refractivity contribution < 1.29 is 14.3 Å². The number of hydrogen-bond acceptors (Lipinski definition) is 3. The SMILES string of the molecule is CCCCCC1CCC(C(=O)Cc2ccc(-c3ccc(OCCC)cc3)cc2)C(=O)C1. The molecule has 2 atom stereocenters. The number of ether oxygens (including phenoxy) is 1. The first-order valence-electron chi connectivity index (χ1n) is 12.0. The van der Waals surface area contributed by atoms with Crippen molar-refractivity contribution in [3.8, 4) is 16.9 Å². The van der Waals surface area contributed by atoms with Gasteiger partial charge in [-0.3, -0.25) is 9.59 Å². The molecule has 2 aromatic carbocycles. The molecule has 166 valence electrons. The molecule has 2 aromatic rings. The van der Waals surface area contributed by atoms with Crippen LogP contribution in [0, 0.1) is 11.8 Å². The van der Waals surface area contributed by atoms with Crippen LogP contribution >= 0.6 is 0 Å². The predicted molar refractivity (Wildman–Crippen MR) is 126 cm³/mol. The summed E-state index contributed by atoms with van der Waals surface area (Å²) in [6, 6.07) is 16.2. The second kappa shape index (κ2) is 11.8. The minimum Gasteiger partial charge on any atom is -0.494 e. The maximum absolute atomic E-state index is 12.8. The maximum atomic E-state index is 12.8. The van der Waals surface area contributed by atoms with Crippen LogP contribution in [0.25, 0.3) is 11.1 Å². The van der Waals surface area contributed by atoms with Gasteiger partial charge in [-0.05, 0) is 54.0 Å². The summed E-state index contributed by atoms with van der Waals surface area (Å²) in [6.07, 6.45) is 8.47. The number of benzene rings is 2. The molecule has 1 saturated carbocycles. The molecule has 1 aliphatic carbocycles. The number of rotatable bonds is 11. The van der Waals surface area contributed by atoms with E-state index < -0.39 is 5.92 Å². The Labute approximate surface area is 187 Å². The lowest BCUT2D eigenvalue weighted by Crippen LogP contribution is -2.32. The van der Waals surface area contributed by atoms with E-state index in [-0.39, 0.29) is 11.6 Å². The van der Waals surface area contributed by atoms with E-state index in [9.17, 15) is 9.59 Å². The van der Waals surface area contributed by atoms with Gasteiger partial charge in [0, 0.05) is 12.8 Å². The third kappa shape index (κ3) is 6.78. The fraction of sp³-hybridized carbons (Fsp3) is 0.500. The molecule has 0 saturated heterocycles. The van der Waals surface area contributed by atoms with Gasteiger partial charge in [-0.25, -0.2) is 0 Å². The summed E-state index contributed by atoms with van der Waals surface area (Å²) in [6.45, 7) is 5.02. The summed E-state index contributed by atoms with van der Waals surface area (Å²) in [5.41, 5.74) is 3.22. The van der Waals surface area contributed by atoms with Crippen molar-refractivity contribution in [3.05, 3.63) is 54.1 Å². The molecule has 3 rings (SSSR count). The lowest BCUT2D eigenvalue weighted by molar-refractivity contribution is -0.135. The molecule has 1 aliphatic rings. The van der Waals surface area contributed by atoms with Crippen LogP contribution in [0.2, 0.25) is 0 Å². The Hall–Kier alpha value is -2.42. The van der Waals surface area contributed by atoms with Crippen LogP contribution in [0.5, 0.6) is 5.75 Å². The van der Waals surface area contributed by atoms with E-state index in [0.717, 1.165) is 54.7 Å². The van der Waals surface area contributed by atoms with Crippen LogP contribution in [0.15, 0.2) is 48.5 Å². The Morgan fingerprint density at radius 2 is 1.58 bits per heavy atom. The first-order chi connectivity index (χ1) is 15.1. The number of unbranched alkanes of at least 4 members (excludes halogenated alkanes) is 2. The van der Waals surface area contributed by atoms with Crippen LogP contribution in [0.4, 0.5) is 0 Å². The van der Waals surface area contributed by atoms with Crippen molar-refractivity contribution in [1.29, 1.82) is 0 Å². The first-order valence-corrected chi connectivity index (χ1v) is 12.0. The van der Waals surface area contributed by atoms with Gasteiger partial charge in [0.1, 0.15) is 17.3 Å². The summed E-state index contributed by atoms with van der Waals surface area (Å²) in [4.78, 5) is 25.4. The van der Waals surface area contributed by atoms with Crippen molar-refractivity contribution in [2.45, 2.75) is 71.6 Å². The molecule has 1 fully saturated rings. The average Bonchev–Trinajstić information content (AvgIpc) is 2.79. The van der Waals surface area contributed by atoms with Gasteiger partial charge >= 0.3 is 0 Å². The normalized spacial score (nSPS) is 18.7. The fourth-order valence-electron chi connectivity index (χ4n) is 4.47. The molecule has 0 aromatic heterocycles. The molecular formula is C28H36O3. The molecule has 0 radical (unpaired) electrons. The number of carbonyl (C=O) groups excluding carboxylic acids is 2. The summed E-state index contributed by atoms with van der Waals surface area (Å²) in [5.74, 6) is 1.23. The Balaban J connectivity index is 1.52. The Bertz CT molecular complexity index is 836. The number of hydrogen-bond donors (Lipinski definition) is 0. The second-order valence-electron chi connectivity index (χ2n) is 8.88. The Morgan fingerprint density at radius 3 is 2.19 bits per heavy atom.